The highest BCUT2D eigenvalue weighted by atomic mass is 35.5. The predicted molar refractivity (Wildman–Crippen MR) is 104 cm³/mol. The van der Waals surface area contributed by atoms with Crippen LogP contribution in [0.15, 0.2) is 42.5 Å². The molecule has 2 aromatic rings. The summed E-state index contributed by atoms with van der Waals surface area (Å²) in [6.45, 7) is 2.03. The minimum Gasteiger partial charge on any atom is -0.465 e. The van der Waals surface area contributed by atoms with E-state index in [-0.39, 0.29) is 35.3 Å². The Morgan fingerprint density at radius 1 is 1.07 bits per heavy atom. The van der Waals surface area contributed by atoms with E-state index in [0.29, 0.717) is 5.02 Å². The van der Waals surface area contributed by atoms with Crippen molar-refractivity contribution in [2.75, 3.05) is 26.1 Å². The first-order valence-electron chi connectivity index (χ1n) is 8.55. The first kappa shape index (κ1) is 21.4. The molecule has 0 radical (unpaired) electrons. The molecule has 28 heavy (non-hydrogen) atoms. The van der Waals surface area contributed by atoms with Crippen molar-refractivity contribution in [3.63, 3.8) is 0 Å². The summed E-state index contributed by atoms with van der Waals surface area (Å²) < 4.78 is 9.40. The van der Waals surface area contributed by atoms with Crippen LogP contribution in [0.4, 0.5) is 5.69 Å². The minimum atomic E-state index is -0.625. The van der Waals surface area contributed by atoms with E-state index in [1.54, 1.807) is 6.07 Å². The molecule has 1 amide bonds. The van der Waals surface area contributed by atoms with Crippen molar-refractivity contribution in [2.24, 2.45) is 0 Å². The number of rotatable bonds is 7. The molecule has 8 heteroatoms. The Morgan fingerprint density at radius 2 is 1.75 bits per heavy atom. The smallest absolute Gasteiger partial charge is 0.339 e. The van der Waals surface area contributed by atoms with Crippen LogP contribution in [0.2, 0.25) is 5.02 Å². The maximum atomic E-state index is 12.4. The van der Waals surface area contributed by atoms with E-state index in [9.17, 15) is 14.4 Å². The van der Waals surface area contributed by atoms with Crippen LogP contribution < -0.4 is 10.6 Å². The Kier molecular flexibility index (Phi) is 7.54. The van der Waals surface area contributed by atoms with E-state index >= 15 is 0 Å². The zero-order chi connectivity index (χ0) is 20.7. The average molecular weight is 406 g/mol. The summed E-state index contributed by atoms with van der Waals surface area (Å²) in [5.41, 5.74) is 1.44. The summed E-state index contributed by atoms with van der Waals surface area (Å²) in [6, 6.07) is 11.6. The summed E-state index contributed by atoms with van der Waals surface area (Å²) in [4.78, 5) is 36.1. The third kappa shape index (κ3) is 5.31. The summed E-state index contributed by atoms with van der Waals surface area (Å²) >= 11 is 6.18. The zero-order valence-electron chi connectivity index (χ0n) is 15.8. The zero-order valence-corrected chi connectivity index (χ0v) is 16.6. The van der Waals surface area contributed by atoms with Crippen LogP contribution >= 0.6 is 11.6 Å². The van der Waals surface area contributed by atoms with Gasteiger partial charge in [0.25, 0.3) is 5.91 Å². The number of nitrogens with one attached hydrogen (secondary N) is 1. The molecule has 0 fully saturated rings. The van der Waals surface area contributed by atoms with E-state index in [1.807, 2.05) is 30.4 Å². The highest BCUT2D eigenvalue weighted by Gasteiger charge is 2.19. The quantitative estimate of drug-likeness (QED) is 0.688. The Labute approximate surface area is 168 Å². The number of methoxy groups -OCH3 is 2. The third-order valence-electron chi connectivity index (χ3n) is 4.17. The van der Waals surface area contributed by atoms with Gasteiger partial charge in [-0.25, -0.2) is 9.59 Å². The van der Waals surface area contributed by atoms with Crippen LogP contribution in [-0.2, 0) is 14.3 Å². The number of esters is 2. The average Bonchev–Trinajstić information content (AvgIpc) is 2.71. The van der Waals surface area contributed by atoms with Crippen molar-refractivity contribution in [1.29, 1.82) is 0 Å². The lowest BCUT2D eigenvalue weighted by Crippen LogP contribution is -2.86. The molecule has 0 heterocycles. The number of carbonyl (C=O) groups is 3. The molecule has 1 atom stereocenters. The van der Waals surface area contributed by atoms with Crippen LogP contribution in [0.5, 0.6) is 0 Å². The van der Waals surface area contributed by atoms with Crippen molar-refractivity contribution in [1.82, 2.24) is 0 Å². The largest absolute Gasteiger partial charge is 0.465 e. The first-order chi connectivity index (χ1) is 13.4. The number of carbonyl (C=O) groups excluding carboxylic acids is 3. The Morgan fingerprint density at radius 3 is 2.39 bits per heavy atom. The maximum absolute atomic E-state index is 12.4. The second kappa shape index (κ2) is 9.87. The monoisotopic (exact) mass is 405 g/mol. The number of halogens is 1. The molecule has 3 N–H and O–H groups in total. The van der Waals surface area contributed by atoms with E-state index in [4.69, 9.17) is 16.3 Å². The van der Waals surface area contributed by atoms with Crippen LogP contribution in [0.25, 0.3) is 0 Å². The second-order valence-electron chi connectivity index (χ2n) is 6.04. The molecular formula is C20H22ClN2O5+. The fourth-order valence-corrected chi connectivity index (χ4v) is 2.94. The summed E-state index contributed by atoms with van der Waals surface area (Å²) in [6.07, 6.45) is 0. The number of hydrogen-bond donors (Lipinski definition) is 2. The van der Waals surface area contributed by atoms with Gasteiger partial charge in [0.1, 0.15) is 6.04 Å². The lowest BCUT2D eigenvalue weighted by molar-refractivity contribution is -0.682. The van der Waals surface area contributed by atoms with E-state index < -0.39 is 11.9 Å². The Balaban J connectivity index is 2.12. The number of ether oxygens (including phenoxy) is 2. The van der Waals surface area contributed by atoms with Crippen molar-refractivity contribution in [2.45, 2.75) is 13.0 Å². The molecule has 0 bridgehead atoms. The molecule has 0 aliphatic heterocycles. The van der Waals surface area contributed by atoms with Gasteiger partial charge in [0, 0.05) is 10.6 Å². The number of hydrogen-bond acceptors (Lipinski definition) is 5. The van der Waals surface area contributed by atoms with Crippen LogP contribution in [0, 0.1) is 0 Å². The van der Waals surface area contributed by atoms with Crippen molar-refractivity contribution >= 4 is 35.1 Å². The molecule has 0 aliphatic rings. The van der Waals surface area contributed by atoms with Crippen molar-refractivity contribution < 1.29 is 29.2 Å². The van der Waals surface area contributed by atoms with Gasteiger partial charge < -0.3 is 20.1 Å². The third-order valence-corrected chi connectivity index (χ3v) is 4.52. The van der Waals surface area contributed by atoms with Crippen molar-refractivity contribution in [3.05, 3.63) is 64.2 Å². The summed E-state index contributed by atoms with van der Waals surface area (Å²) in [5, 5.41) is 5.10. The highest BCUT2D eigenvalue weighted by Crippen LogP contribution is 2.21. The topological polar surface area (TPSA) is 98.3 Å². The van der Waals surface area contributed by atoms with Gasteiger partial charge in [-0.3, -0.25) is 4.79 Å². The van der Waals surface area contributed by atoms with Gasteiger partial charge in [-0.05, 0) is 31.2 Å². The number of benzene rings is 2. The number of anilines is 1. The van der Waals surface area contributed by atoms with E-state index in [0.717, 1.165) is 5.56 Å². The SMILES string of the molecule is COC(=O)c1ccc(C(=O)OC)c(NC(=O)C[NH2+][C@H](C)c2ccccc2Cl)c1. The molecule has 0 saturated heterocycles. The molecule has 0 spiro atoms. The maximum Gasteiger partial charge on any atom is 0.339 e. The normalized spacial score (nSPS) is 11.4. The lowest BCUT2D eigenvalue weighted by atomic mass is 10.1. The van der Waals surface area contributed by atoms with Gasteiger partial charge in [-0.15, -0.1) is 0 Å². The van der Waals surface area contributed by atoms with Crippen molar-refractivity contribution in [3.8, 4) is 0 Å². The summed E-state index contributed by atoms with van der Waals surface area (Å²) in [7, 11) is 2.49. The van der Waals surface area contributed by atoms with Crippen LogP contribution in [0.3, 0.4) is 0 Å². The van der Waals surface area contributed by atoms with E-state index in [2.05, 4.69) is 10.1 Å². The molecule has 2 aromatic carbocycles. The number of quaternary nitrogens is 1. The van der Waals surface area contributed by atoms with E-state index in [1.165, 1.54) is 32.4 Å². The fraction of sp³-hybridized carbons (Fsp3) is 0.250. The molecule has 2 rings (SSSR count). The predicted octanol–water partition coefficient (Wildman–Crippen LogP) is 2.18. The standard InChI is InChI=1S/C20H21ClN2O5/c1-12(14-6-4-5-7-16(14)21)22-11-18(24)23-17-10-13(19(25)27-2)8-9-15(17)20(26)28-3/h4-10,12,22H,11H2,1-3H3,(H,23,24)/p+1/t12-/m1/s1. The molecule has 0 aromatic heterocycles. The van der Waals surface area contributed by atoms with Gasteiger partial charge in [-0.1, -0.05) is 29.8 Å². The van der Waals surface area contributed by atoms with Crippen LogP contribution in [-0.4, -0.2) is 38.6 Å². The highest BCUT2D eigenvalue weighted by molar-refractivity contribution is 6.31. The summed E-state index contributed by atoms with van der Waals surface area (Å²) in [5.74, 6) is -1.54. The molecule has 0 saturated carbocycles. The van der Waals surface area contributed by atoms with Gasteiger partial charge in [0.2, 0.25) is 0 Å². The number of amides is 1. The van der Waals surface area contributed by atoms with Crippen LogP contribution in [0.1, 0.15) is 39.2 Å². The molecule has 0 aliphatic carbocycles. The molecule has 148 valence electrons. The fourth-order valence-electron chi connectivity index (χ4n) is 2.64. The Hall–Kier alpha value is -2.90. The van der Waals surface area contributed by atoms with Gasteiger partial charge in [0.15, 0.2) is 6.54 Å². The molecule has 7 nitrogen and oxygen atoms in total. The van der Waals surface area contributed by atoms with Gasteiger partial charge in [0.05, 0.1) is 31.0 Å². The van der Waals surface area contributed by atoms with Gasteiger partial charge in [-0.2, -0.15) is 0 Å². The first-order valence-corrected chi connectivity index (χ1v) is 8.93. The van der Waals surface area contributed by atoms with Gasteiger partial charge >= 0.3 is 11.9 Å². The molecular weight excluding hydrogens is 384 g/mol. The number of nitrogens with two attached hydrogens (primary N) is 1. The second-order valence-corrected chi connectivity index (χ2v) is 6.45. The Bertz CT molecular complexity index is 885. The lowest BCUT2D eigenvalue weighted by Gasteiger charge is -2.14. The molecule has 0 unspecified atom stereocenters. The minimum absolute atomic E-state index is 0.0408.